The normalized spacial score (nSPS) is 24.5. The molecule has 128 valence electrons. The Balaban J connectivity index is 1.60. The first-order chi connectivity index (χ1) is 11.7. The predicted molar refractivity (Wildman–Crippen MR) is 91.0 cm³/mol. The van der Waals surface area contributed by atoms with Crippen LogP contribution in [0.1, 0.15) is 36.8 Å². The van der Waals surface area contributed by atoms with E-state index in [0.29, 0.717) is 36.9 Å². The number of benzene rings is 1. The van der Waals surface area contributed by atoms with E-state index in [-0.39, 0.29) is 12.5 Å². The Labute approximate surface area is 143 Å². The van der Waals surface area contributed by atoms with E-state index in [4.69, 9.17) is 10.4 Å². The molecule has 0 aromatic heterocycles. The van der Waals surface area contributed by atoms with Gasteiger partial charge in [-0.15, -0.1) is 0 Å². The Morgan fingerprint density at radius 3 is 2.75 bits per heavy atom. The molecule has 1 aromatic rings. The molecule has 2 heterocycles. The number of amides is 1. The molecule has 5 nitrogen and oxygen atoms in total. The van der Waals surface area contributed by atoms with E-state index < -0.39 is 0 Å². The van der Waals surface area contributed by atoms with Crippen LogP contribution in [0.3, 0.4) is 0 Å². The molecule has 24 heavy (non-hydrogen) atoms. The van der Waals surface area contributed by atoms with E-state index >= 15 is 0 Å². The topological polar surface area (TPSA) is 67.6 Å². The number of hydrogen-bond donors (Lipinski definition) is 1. The van der Waals surface area contributed by atoms with E-state index in [1.165, 1.54) is 5.56 Å². The third-order valence-corrected chi connectivity index (χ3v) is 5.27. The monoisotopic (exact) mass is 327 g/mol. The van der Waals surface area contributed by atoms with Crippen LogP contribution in [-0.2, 0) is 11.3 Å². The number of carbonyl (C=O) groups excluding carboxylic acids is 1. The zero-order chi connectivity index (χ0) is 16.9. The van der Waals surface area contributed by atoms with Gasteiger partial charge in [0, 0.05) is 45.2 Å². The highest BCUT2D eigenvalue weighted by Gasteiger charge is 2.38. The number of aliphatic hydroxyl groups is 1. The minimum Gasteiger partial charge on any atom is -0.396 e. The van der Waals surface area contributed by atoms with Crippen LogP contribution in [0.5, 0.6) is 0 Å². The molecule has 2 atom stereocenters. The molecule has 0 bridgehead atoms. The van der Waals surface area contributed by atoms with E-state index in [2.05, 4.69) is 11.0 Å². The molecule has 0 radical (unpaired) electrons. The molecular weight excluding hydrogens is 302 g/mol. The molecule has 2 fully saturated rings. The Kier molecular flexibility index (Phi) is 5.49. The maximum atomic E-state index is 12.2. The van der Waals surface area contributed by atoms with E-state index in [9.17, 15) is 4.79 Å². The standard InChI is InChI=1S/C19H25N3O2/c20-12-15-2-4-16(5-3-15)13-21-10-8-18-17(14-21)6-7-19(24)22(18)9-1-11-23/h2-5,17-18,23H,1,6-11,13-14H2/t17-,18+/m0/s1. The van der Waals surface area contributed by atoms with Crippen molar-refractivity contribution in [1.29, 1.82) is 5.26 Å². The number of hydrogen-bond acceptors (Lipinski definition) is 4. The molecular formula is C19H25N3O2. The molecule has 1 aromatic carbocycles. The van der Waals surface area contributed by atoms with Gasteiger partial charge < -0.3 is 10.0 Å². The van der Waals surface area contributed by atoms with Crippen LogP contribution in [0.2, 0.25) is 0 Å². The zero-order valence-electron chi connectivity index (χ0n) is 14.0. The fourth-order valence-corrected chi connectivity index (χ4v) is 4.04. The van der Waals surface area contributed by atoms with Crippen molar-refractivity contribution in [3.8, 4) is 6.07 Å². The molecule has 1 N–H and O–H groups in total. The Morgan fingerprint density at radius 2 is 2.04 bits per heavy atom. The second-order valence-corrected chi connectivity index (χ2v) is 6.86. The maximum Gasteiger partial charge on any atom is 0.222 e. The van der Waals surface area contributed by atoms with Crippen molar-refractivity contribution in [3.05, 3.63) is 35.4 Å². The van der Waals surface area contributed by atoms with Crippen LogP contribution in [0.4, 0.5) is 0 Å². The number of likely N-dealkylation sites (tertiary alicyclic amines) is 2. The van der Waals surface area contributed by atoms with Gasteiger partial charge in [-0.1, -0.05) is 12.1 Å². The van der Waals surface area contributed by atoms with Crippen LogP contribution in [0.25, 0.3) is 0 Å². The van der Waals surface area contributed by atoms with Gasteiger partial charge >= 0.3 is 0 Å². The van der Waals surface area contributed by atoms with Crippen LogP contribution in [0.15, 0.2) is 24.3 Å². The first kappa shape index (κ1) is 16.9. The summed E-state index contributed by atoms with van der Waals surface area (Å²) in [6.45, 7) is 3.75. The molecule has 3 rings (SSSR count). The average molecular weight is 327 g/mol. The molecule has 5 heteroatoms. The summed E-state index contributed by atoms with van der Waals surface area (Å²) in [5.41, 5.74) is 1.93. The zero-order valence-corrected chi connectivity index (χ0v) is 14.0. The molecule has 0 saturated carbocycles. The Morgan fingerprint density at radius 1 is 1.25 bits per heavy atom. The maximum absolute atomic E-state index is 12.2. The fraction of sp³-hybridized carbons (Fsp3) is 0.579. The largest absolute Gasteiger partial charge is 0.396 e. The van der Waals surface area contributed by atoms with Gasteiger partial charge in [-0.2, -0.15) is 5.26 Å². The summed E-state index contributed by atoms with van der Waals surface area (Å²) in [5, 5.41) is 17.9. The van der Waals surface area contributed by atoms with Gasteiger partial charge in [0.1, 0.15) is 0 Å². The van der Waals surface area contributed by atoms with E-state index in [1.54, 1.807) is 0 Å². The first-order valence-electron chi connectivity index (χ1n) is 8.83. The van der Waals surface area contributed by atoms with Gasteiger partial charge in [0.15, 0.2) is 0 Å². The van der Waals surface area contributed by atoms with Crippen LogP contribution in [0, 0.1) is 17.2 Å². The minimum absolute atomic E-state index is 0.145. The van der Waals surface area contributed by atoms with Crippen LogP contribution in [-0.4, -0.2) is 53.1 Å². The number of carbonyl (C=O) groups is 1. The number of fused-ring (bicyclic) bond motifs is 1. The molecule has 0 spiro atoms. The van der Waals surface area contributed by atoms with Crippen molar-refractivity contribution in [1.82, 2.24) is 9.80 Å². The average Bonchev–Trinajstić information content (AvgIpc) is 2.61. The van der Waals surface area contributed by atoms with Gasteiger partial charge in [0.25, 0.3) is 0 Å². The highest BCUT2D eigenvalue weighted by Crippen LogP contribution is 2.32. The summed E-state index contributed by atoms with van der Waals surface area (Å²) in [7, 11) is 0. The van der Waals surface area contributed by atoms with Gasteiger partial charge in [-0.25, -0.2) is 0 Å². The second-order valence-electron chi connectivity index (χ2n) is 6.86. The summed E-state index contributed by atoms with van der Waals surface area (Å²) in [6, 6.07) is 10.3. The summed E-state index contributed by atoms with van der Waals surface area (Å²) in [4.78, 5) is 16.7. The number of piperidine rings is 2. The number of rotatable bonds is 5. The molecule has 0 unspecified atom stereocenters. The molecule has 2 aliphatic heterocycles. The van der Waals surface area contributed by atoms with Crippen molar-refractivity contribution < 1.29 is 9.90 Å². The van der Waals surface area contributed by atoms with Crippen molar-refractivity contribution in [2.24, 2.45) is 5.92 Å². The summed E-state index contributed by atoms with van der Waals surface area (Å²) in [6.07, 6.45) is 3.29. The Bertz CT molecular complexity index is 608. The van der Waals surface area contributed by atoms with E-state index in [0.717, 1.165) is 32.5 Å². The summed E-state index contributed by atoms with van der Waals surface area (Å²) >= 11 is 0. The van der Waals surface area contributed by atoms with Crippen molar-refractivity contribution in [3.63, 3.8) is 0 Å². The lowest BCUT2D eigenvalue weighted by molar-refractivity contribution is -0.141. The van der Waals surface area contributed by atoms with Crippen LogP contribution >= 0.6 is 0 Å². The number of nitrogens with zero attached hydrogens (tertiary/aromatic N) is 3. The van der Waals surface area contributed by atoms with Gasteiger partial charge in [0.2, 0.25) is 5.91 Å². The highest BCUT2D eigenvalue weighted by atomic mass is 16.3. The molecule has 1 amide bonds. The minimum atomic E-state index is 0.145. The highest BCUT2D eigenvalue weighted by molar-refractivity contribution is 5.77. The first-order valence-corrected chi connectivity index (χ1v) is 8.83. The van der Waals surface area contributed by atoms with E-state index in [1.807, 2.05) is 29.2 Å². The summed E-state index contributed by atoms with van der Waals surface area (Å²) < 4.78 is 0. The SMILES string of the molecule is N#Cc1ccc(CN2CC[C@@H]3[C@@H](CCC(=O)N3CCCO)C2)cc1. The summed E-state index contributed by atoms with van der Waals surface area (Å²) in [5.74, 6) is 0.791. The lowest BCUT2D eigenvalue weighted by Crippen LogP contribution is -2.56. The van der Waals surface area contributed by atoms with Crippen molar-refractivity contribution >= 4 is 5.91 Å². The lowest BCUT2D eigenvalue weighted by Gasteiger charge is -2.47. The third kappa shape index (κ3) is 3.77. The second kappa shape index (κ2) is 7.78. The van der Waals surface area contributed by atoms with Crippen molar-refractivity contribution in [2.45, 2.75) is 38.3 Å². The quantitative estimate of drug-likeness (QED) is 0.895. The number of aliphatic hydroxyl groups excluding tert-OH is 1. The number of nitriles is 1. The van der Waals surface area contributed by atoms with Crippen molar-refractivity contribution in [2.75, 3.05) is 26.2 Å². The van der Waals surface area contributed by atoms with Gasteiger partial charge in [-0.05, 0) is 42.9 Å². The fourth-order valence-electron chi connectivity index (χ4n) is 4.04. The smallest absolute Gasteiger partial charge is 0.222 e. The predicted octanol–water partition coefficient (Wildman–Crippen LogP) is 1.75. The Hall–Kier alpha value is -1.90. The molecule has 2 aliphatic rings. The third-order valence-electron chi connectivity index (χ3n) is 5.27. The lowest BCUT2D eigenvalue weighted by atomic mass is 9.83. The van der Waals surface area contributed by atoms with Crippen LogP contribution < -0.4 is 0 Å². The molecule has 2 saturated heterocycles. The van der Waals surface area contributed by atoms with Gasteiger partial charge in [-0.3, -0.25) is 9.69 Å². The molecule has 0 aliphatic carbocycles. The van der Waals surface area contributed by atoms with Gasteiger partial charge in [0.05, 0.1) is 11.6 Å².